The smallest absolute Gasteiger partial charge is 0.228 e. The number of thiocarbonyl (C=S) groups is 1. The first-order valence-electron chi connectivity index (χ1n) is 6.10. The number of nitrogens with two attached hydrogens (primary N) is 1. The predicted molar refractivity (Wildman–Crippen MR) is 81.0 cm³/mol. The maximum atomic E-state index is 13.4. The fourth-order valence-electron chi connectivity index (χ4n) is 1.81. The lowest BCUT2D eigenvalue weighted by atomic mass is 10.1. The molecule has 0 atom stereocenters. The van der Waals surface area contributed by atoms with Crippen molar-refractivity contribution < 1.29 is 13.6 Å². The Kier molecular flexibility index (Phi) is 4.59. The molecule has 2 rings (SSSR count). The molecule has 108 valence electrons. The zero-order valence-electron chi connectivity index (χ0n) is 10.9. The number of hydrogen-bond donors (Lipinski definition) is 2. The molecule has 0 aliphatic rings. The van der Waals surface area contributed by atoms with Crippen LogP contribution in [0, 0.1) is 11.6 Å². The Bertz CT molecular complexity index is 704. The van der Waals surface area contributed by atoms with Gasteiger partial charge >= 0.3 is 0 Å². The Hall–Kier alpha value is -2.34. The molecule has 0 spiro atoms. The molecule has 21 heavy (non-hydrogen) atoms. The lowest BCUT2D eigenvalue weighted by Crippen LogP contribution is -2.17. The van der Waals surface area contributed by atoms with E-state index in [0.29, 0.717) is 5.69 Å². The highest BCUT2D eigenvalue weighted by Gasteiger charge is 2.10. The second kappa shape index (κ2) is 6.41. The van der Waals surface area contributed by atoms with Crippen LogP contribution in [0.15, 0.2) is 42.5 Å². The van der Waals surface area contributed by atoms with Gasteiger partial charge < -0.3 is 11.1 Å². The molecule has 2 aromatic carbocycles. The van der Waals surface area contributed by atoms with Gasteiger partial charge in [-0.25, -0.2) is 8.78 Å². The van der Waals surface area contributed by atoms with Crippen molar-refractivity contribution in [2.24, 2.45) is 5.73 Å². The summed E-state index contributed by atoms with van der Waals surface area (Å²) in [6, 6.07) is 9.89. The molecule has 1 amide bonds. The fourth-order valence-corrected chi connectivity index (χ4v) is 1.97. The van der Waals surface area contributed by atoms with Gasteiger partial charge in [0.2, 0.25) is 5.91 Å². The summed E-state index contributed by atoms with van der Waals surface area (Å²) in [6.07, 6.45) is -0.119. The molecule has 0 saturated heterocycles. The van der Waals surface area contributed by atoms with Crippen LogP contribution in [-0.4, -0.2) is 10.9 Å². The zero-order chi connectivity index (χ0) is 15.4. The van der Waals surface area contributed by atoms with E-state index >= 15 is 0 Å². The van der Waals surface area contributed by atoms with Gasteiger partial charge in [0.1, 0.15) is 16.6 Å². The van der Waals surface area contributed by atoms with Crippen molar-refractivity contribution in [1.82, 2.24) is 0 Å². The highest BCUT2D eigenvalue weighted by Crippen LogP contribution is 2.15. The van der Waals surface area contributed by atoms with Crippen molar-refractivity contribution in [3.8, 4) is 0 Å². The van der Waals surface area contributed by atoms with E-state index in [2.05, 4.69) is 5.32 Å². The Morgan fingerprint density at radius 3 is 2.52 bits per heavy atom. The molecule has 0 aliphatic heterocycles. The van der Waals surface area contributed by atoms with Crippen LogP contribution >= 0.6 is 12.2 Å². The van der Waals surface area contributed by atoms with Gasteiger partial charge in [-0.3, -0.25) is 4.79 Å². The van der Waals surface area contributed by atoms with E-state index in [1.165, 1.54) is 24.3 Å². The molecule has 0 saturated carbocycles. The van der Waals surface area contributed by atoms with Crippen LogP contribution in [0.3, 0.4) is 0 Å². The number of amides is 1. The summed E-state index contributed by atoms with van der Waals surface area (Å²) in [6.45, 7) is 0. The summed E-state index contributed by atoms with van der Waals surface area (Å²) in [4.78, 5) is 11.8. The van der Waals surface area contributed by atoms with E-state index in [0.717, 1.165) is 6.07 Å². The third kappa shape index (κ3) is 3.82. The van der Waals surface area contributed by atoms with Crippen molar-refractivity contribution in [2.75, 3.05) is 5.32 Å². The number of anilines is 1. The monoisotopic (exact) mass is 306 g/mol. The maximum Gasteiger partial charge on any atom is 0.228 e. The zero-order valence-corrected chi connectivity index (χ0v) is 11.7. The fraction of sp³-hybridized carbons (Fsp3) is 0.0667. The number of nitrogens with one attached hydrogen (secondary N) is 1. The summed E-state index contributed by atoms with van der Waals surface area (Å²) >= 11 is 4.72. The molecule has 0 aliphatic carbocycles. The topological polar surface area (TPSA) is 55.1 Å². The van der Waals surface area contributed by atoms with E-state index < -0.39 is 17.5 Å². The highest BCUT2D eigenvalue weighted by molar-refractivity contribution is 7.80. The van der Waals surface area contributed by atoms with Crippen LogP contribution in [0.1, 0.15) is 11.1 Å². The van der Waals surface area contributed by atoms with E-state index in [4.69, 9.17) is 18.0 Å². The summed E-state index contributed by atoms with van der Waals surface area (Å²) in [5.41, 5.74) is 6.07. The van der Waals surface area contributed by atoms with Crippen LogP contribution in [0.2, 0.25) is 0 Å². The van der Waals surface area contributed by atoms with E-state index in [1.807, 2.05) is 0 Å². The molecule has 0 bridgehead atoms. The van der Waals surface area contributed by atoms with Crippen molar-refractivity contribution in [2.45, 2.75) is 6.42 Å². The minimum atomic E-state index is -0.561. The van der Waals surface area contributed by atoms with Crippen molar-refractivity contribution in [3.63, 3.8) is 0 Å². The largest absolute Gasteiger partial charge is 0.389 e. The highest BCUT2D eigenvalue weighted by atomic mass is 32.1. The molecule has 0 heterocycles. The summed E-state index contributed by atoms with van der Waals surface area (Å²) < 4.78 is 26.9. The average molecular weight is 306 g/mol. The third-order valence-electron chi connectivity index (χ3n) is 2.82. The average Bonchev–Trinajstić information content (AvgIpc) is 2.43. The second-order valence-corrected chi connectivity index (χ2v) is 4.82. The van der Waals surface area contributed by atoms with E-state index in [9.17, 15) is 13.6 Å². The maximum absolute atomic E-state index is 13.4. The molecule has 3 nitrogen and oxygen atoms in total. The van der Waals surface area contributed by atoms with Crippen LogP contribution in [0.4, 0.5) is 14.5 Å². The van der Waals surface area contributed by atoms with Crippen LogP contribution < -0.4 is 11.1 Å². The Balaban J connectivity index is 2.12. The van der Waals surface area contributed by atoms with Crippen LogP contribution in [-0.2, 0) is 11.2 Å². The van der Waals surface area contributed by atoms with Crippen molar-refractivity contribution in [1.29, 1.82) is 0 Å². The molecule has 6 heteroatoms. The van der Waals surface area contributed by atoms with Gasteiger partial charge in [0.25, 0.3) is 0 Å². The van der Waals surface area contributed by atoms with Crippen LogP contribution in [0.25, 0.3) is 0 Å². The lowest BCUT2D eigenvalue weighted by Gasteiger charge is -2.08. The van der Waals surface area contributed by atoms with Gasteiger partial charge in [0.15, 0.2) is 0 Å². The SMILES string of the molecule is NC(=S)c1cc(NC(=O)Cc2ccccc2F)ccc1F. The number of hydrogen-bond acceptors (Lipinski definition) is 2. The summed E-state index contributed by atoms with van der Waals surface area (Å²) in [7, 11) is 0. The Labute approximate surface area is 125 Å². The first-order valence-corrected chi connectivity index (χ1v) is 6.51. The Morgan fingerprint density at radius 2 is 1.86 bits per heavy atom. The molecule has 0 radical (unpaired) electrons. The number of carbonyl (C=O) groups is 1. The standard InChI is InChI=1S/C15H12F2N2OS/c16-12-4-2-1-3-9(12)7-14(20)19-10-5-6-13(17)11(8-10)15(18)21/h1-6,8H,7H2,(H2,18,21)(H,19,20). The Morgan fingerprint density at radius 1 is 1.14 bits per heavy atom. The molecule has 3 N–H and O–H groups in total. The first kappa shape index (κ1) is 15.1. The summed E-state index contributed by atoms with van der Waals surface area (Å²) in [5.74, 6) is -1.43. The summed E-state index contributed by atoms with van der Waals surface area (Å²) in [5, 5.41) is 2.55. The number of rotatable bonds is 4. The molecule has 0 fully saturated rings. The second-order valence-electron chi connectivity index (χ2n) is 4.38. The molecule has 2 aromatic rings. The van der Waals surface area contributed by atoms with Gasteiger partial charge in [-0.2, -0.15) is 0 Å². The minimum absolute atomic E-state index is 0.0497. The number of halogens is 2. The van der Waals surface area contributed by atoms with Gasteiger partial charge in [-0.15, -0.1) is 0 Å². The first-order chi connectivity index (χ1) is 9.97. The van der Waals surface area contributed by atoms with Gasteiger partial charge in [0, 0.05) is 11.3 Å². The molecule has 0 aromatic heterocycles. The lowest BCUT2D eigenvalue weighted by molar-refractivity contribution is -0.115. The minimum Gasteiger partial charge on any atom is -0.389 e. The van der Waals surface area contributed by atoms with Crippen molar-refractivity contribution >= 4 is 28.8 Å². The van der Waals surface area contributed by atoms with Gasteiger partial charge in [0.05, 0.1) is 6.42 Å². The predicted octanol–water partition coefficient (Wildman–Crippen LogP) is 2.78. The van der Waals surface area contributed by atoms with Gasteiger partial charge in [-0.1, -0.05) is 30.4 Å². The quantitative estimate of drug-likeness (QED) is 0.854. The van der Waals surface area contributed by atoms with Crippen molar-refractivity contribution in [3.05, 3.63) is 65.2 Å². The van der Waals surface area contributed by atoms with Gasteiger partial charge in [-0.05, 0) is 29.8 Å². The molecular weight excluding hydrogens is 294 g/mol. The van der Waals surface area contributed by atoms with E-state index in [-0.39, 0.29) is 22.5 Å². The van der Waals surface area contributed by atoms with E-state index in [1.54, 1.807) is 12.1 Å². The normalized spacial score (nSPS) is 10.2. The third-order valence-corrected chi connectivity index (χ3v) is 3.04. The number of carbonyl (C=O) groups excluding carboxylic acids is 1. The van der Waals surface area contributed by atoms with Crippen LogP contribution in [0.5, 0.6) is 0 Å². The molecular formula is C15H12F2N2OS. The molecule has 0 unspecified atom stereocenters. The number of benzene rings is 2.